The Hall–Kier alpha value is -3.42. The largest absolute Gasteiger partial charge is 0.349 e. The second-order valence-corrected chi connectivity index (χ2v) is 9.85. The zero-order valence-electron chi connectivity index (χ0n) is 20.2. The van der Waals surface area contributed by atoms with Gasteiger partial charge in [-0.3, -0.25) is 10.2 Å². The molecular weight excluding hydrogens is 426 g/mol. The minimum absolute atomic E-state index is 0.0543. The number of hydrogen-bond donors (Lipinski definition) is 2. The Morgan fingerprint density at radius 1 is 1.15 bits per heavy atom. The van der Waals surface area contributed by atoms with Gasteiger partial charge in [0.1, 0.15) is 5.84 Å². The first kappa shape index (κ1) is 22.4. The molecule has 2 aromatic rings. The molecule has 2 N–H and O–H groups in total. The molecule has 1 aliphatic carbocycles. The molecule has 2 fully saturated rings. The van der Waals surface area contributed by atoms with Gasteiger partial charge in [0.25, 0.3) is 0 Å². The molecule has 1 aromatic heterocycles. The normalized spacial score (nSPS) is 23.3. The first-order chi connectivity index (χ1) is 16.5. The molecule has 1 saturated carbocycles. The van der Waals surface area contributed by atoms with Crippen molar-refractivity contribution >= 4 is 23.5 Å². The highest BCUT2D eigenvalue weighted by Crippen LogP contribution is 2.35. The number of anilines is 1. The molecule has 8 heteroatoms. The molecule has 0 radical (unpaired) electrons. The zero-order valence-corrected chi connectivity index (χ0v) is 20.2. The molecular formula is C26H33N7O. The summed E-state index contributed by atoms with van der Waals surface area (Å²) in [4.78, 5) is 31.0. The van der Waals surface area contributed by atoms with Crippen LogP contribution in [0.1, 0.15) is 37.4 Å². The average Bonchev–Trinajstić information content (AvgIpc) is 3.61. The summed E-state index contributed by atoms with van der Waals surface area (Å²) in [5, 5.41) is 0. The number of amidine groups is 1. The van der Waals surface area contributed by atoms with Crippen molar-refractivity contribution in [2.45, 2.75) is 32.6 Å². The Balaban J connectivity index is 1.42. The first-order valence-corrected chi connectivity index (χ1v) is 12.1. The van der Waals surface area contributed by atoms with Crippen molar-refractivity contribution in [2.75, 3.05) is 32.1 Å². The van der Waals surface area contributed by atoms with E-state index >= 15 is 0 Å². The molecule has 5 rings (SSSR count). The summed E-state index contributed by atoms with van der Waals surface area (Å²) >= 11 is 0. The molecule has 1 amide bonds. The maximum Gasteiger partial charge on any atom is 0.227 e. The maximum atomic E-state index is 12.7. The van der Waals surface area contributed by atoms with Crippen LogP contribution in [0.5, 0.6) is 0 Å². The number of aliphatic imine (C=N–C) groups is 1. The molecule has 178 valence electrons. The van der Waals surface area contributed by atoms with E-state index in [0.29, 0.717) is 30.6 Å². The molecule has 3 aliphatic rings. The van der Waals surface area contributed by atoms with Gasteiger partial charge in [0, 0.05) is 57.7 Å². The van der Waals surface area contributed by atoms with Crippen molar-refractivity contribution in [3.63, 3.8) is 0 Å². The van der Waals surface area contributed by atoms with Gasteiger partial charge in [0.15, 0.2) is 5.82 Å². The third-order valence-electron chi connectivity index (χ3n) is 6.77. The number of carbonyl (C=O) groups excluding carboxylic acids is 1. The number of nitrogens with one attached hydrogen (secondary N) is 2. The van der Waals surface area contributed by atoms with Gasteiger partial charge >= 0.3 is 0 Å². The zero-order chi connectivity index (χ0) is 23.7. The monoisotopic (exact) mass is 459 g/mol. The van der Waals surface area contributed by atoms with Crippen LogP contribution >= 0.6 is 0 Å². The van der Waals surface area contributed by atoms with E-state index < -0.39 is 0 Å². The lowest BCUT2D eigenvalue weighted by atomic mass is 9.97. The van der Waals surface area contributed by atoms with Gasteiger partial charge in [-0.25, -0.2) is 9.98 Å². The fourth-order valence-corrected chi connectivity index (χ4v) is 4.67. The fourth-order valence-electron chi connectivity index (χ4n) is 4.67. The summed E-state index contributed by atoms with van der Waals surface area (Å²) < 4.78 is 0. The van der Waals surface area contributed by atoms with Crippen LogP contribution in [0.15, 0.2) is 53.2 Å². The van der Waals surface area contributed by atoms with Crippen LogP contribution in [0.4, 0.5) is 11.8 Å². The predicted octanol–water partition coefficient (Wildman–Crippen LogP) is 3.05. The first-order valence-electron chi connectivity index (χ1n) is 12.1. The Labute approximate surface area is 201 Å². The molecule has 1 aromatic carbocycles. The van der Waals surface area contributed by atoms with Gasteiger partial charge in [0.2, 0.25) is 11.9 Å². The maximum absolute atomic E-state index is 12.7. The summed E-state index contributed by atoms with van der Waals surface area (Å²) in [5.74, 6) is 3.14. The molecule has 0 bridgehead atoms. The highest BCUT2D eigenvalue weighted by atomic mass is 16.2. The van der Waals surface area contributed by atoms with Crippen LogP contribution in [0.25, 0.3) is 0 Å². The van der Waals surface area contributed by atoms with E-state index in [4.69, 9.17) is 15.0 Å². The minimum Gasteiger partial charge on any atom is -0.349 e. The van der Waals surface area contributed by atoms with Crippen molar-refractivity contribution in [1.82, 2.24) is 25.7 Å². The lowest BCUT2D eigenvalue weighted by Gasteiger charge is -2.20. The SMILES string of the molecule is CC1CN(c2nc(Cc3ccccc3)cc(N=C3CC=C(C4CC4)NN3)n2)CC1C(=O)N(C)C. The van der Waals surface area contributed by atoms with Gasteiger partial charge in [0.05, 0.1) is 11.6 Å². The van der Waals surface area contributed by atoms with Gasteiger partial charge in [-0.1, -0.05) is 43.3 Å². The number of hydrogen-bond acceptors (Lipinski definition) is 6. The van der Waals surface area contributed by atoms with Gasteiger partial charge in [-0.2, -0.15) is 4.98 Å². The van der Waals surface area contributed by atoms with Crippen molar-refractivity contribution in [3.05, 3.63) is 59.4 Å². The second kappa shape index (κ2) is 9.44. The smallest absolute Gasteiger partial charge is 0.227 e. The third-order valence-corrected chi connectivity index (χ3v) is 6.77. The van der Waals surface area contributed by atoms with E-state index in [1.54, 1.807) is 4.90 Å². The molecule has 8 nitrogen and oxygen atoms in total. The topological polar surface area (TPSA) is 85.7 Å². The Bertz CT molecular complexity index is 1110. The van der Waals surface area contributed by atoms with Crippen molar-refractivity contribution < 1.29 is 4.79 Å². The number of carbonyl (C=O) groups is 1. The molecule has 3 heterocycles. The number of nitrogens with zero attached hydrogens (tertiary/aromatic N) is 5. The van der Waals surface area contributed by atoms with E-state index in [0.717, 1.165) is 24.5 Å². The van der Waals surface area contributed by atoms with Crippen LogP contribution in [0.3, 0.4) is 0 Å². The van der Waals surface area contributed by atoms with Crippen LogP contribution in [0.2, 0.25) is 0 Å². The second-order valence-electron chi connectivity index (χ2n) is 9.85. The summed E-state index contributed by atoms with van der Waals surface area (Å²) in [7, 11) is 3.63. The molecule has 1 saturated heterocycles. The number of amides is 1. The highest BCUT2D eigenvalue weighted by Gasteiger charge is 2.37. The van der Waals surface area contributed by atoms with Crippen molar-refractivity contribution in [3.8, 4) is 0 Å². The standard InChI is InChI=1S/C26H33N7O/c1-17-15-33(16-21(17)25(34)32(2)3)26-27-20(13-18-7-5-4-6-8-18)14-24(29-26)28-23-12-11-22(30-31-23)19-9-10-19/h4-8,11,14,17,19,21,30H,9-10,12-13,15-16H2,1-3H3,(H,27,28,29,31). The summed E-state index contributed by atoms with van der Waals surface area (Å²) in [5.41, 5.74) is 9.92. The van der Waals surface area contributed by atoms with E-state index in [9.17, 15) is 4.79 Å². The van der Waals surface area contributed by atoms with Crippen LogP contribution in [-0.4, -0.2) is 53.8 Å². The van der Waals surface area contributed by atoms with Gasteiger partial charge in [-0.05, 0) is 24.3 Å². The fraction of sp³-hybridized carbons (Fsp3) is 0.462. The minimum atomic E-state index is -0.0543. The average molecular weight is 460 g/mol. The summed E-state index contributed by atoms with van der Waals surface area (Å²) in [6.45, 7) is 3.50. The Morgan fingerprint density at radius 3 is 2.62 bits per heavy atom. The number of rotatable bonds is 6. The molecule has 0 spiro atoms. The Kier molecular flexibility index (Phi) is 6.22. The number of benzene rings is 1. The van der Waals surface area contributed by atoms with Crippen molar-refractivity contribution in [1.29, 1.82) is 0 Å². The molecule has 2 atom stereocenters. The summed E-state index contributed by atoms with van der Waals surface area (Å²) in [6.07, 6.45) is 6.20. The van der Waals surface area contributed by atoms with Crippen LogP contribution in [0, 0.1) is 17.8 Å². The van der Waals surface area contributed by atoms with Gasteiger partial charge < -0.3 is 15.2 Å². The van der Waals surface area contributed by atoms with E-state index in [1.165, 1.54) is 24.1 Å². The summed E-state index contributed by atoms with van der Waals surface area (Å²) in [6, 6.07) is 12.3. The number of aromatic nitrogens is 2. The van der Waals surface area contributed by atoms with Crippen LogP contribution in [-0.2, 0) is 11.2 Å². The lowest BCUT2D eigenvalue weighted by molar-refractivity contribution is -0.133. The van der Waals surface area contributed by atoms with E-state index in [2.05, 4.69) is 40.9 Å². The highest BCUT2D eigenvalue weighted by molar-refractivity contribution is 5.86. The van der Waals surface area contributed by atoms with Crippen molar-refractivity contribution in [2.24, 2.45) is 22.7 Å². The molecule has 2 aliphatic heterocycles. The predicted molar refractivity (Wildman–Crippen MR) is 134 cm³/mol. The molecule has 2 unspecified atom stereocenters. The van der Waals surface area contributed by atoms with E-state index in [-0.39, 0.29) is 17.7 Å². The quantitative estimate of drug-likeness (QED) is 0.691. The number of allylic oxidation sites excluding steroid dienone is 1. The third kappa shape index (κ3) is 5.05. The number of hydrazine groups is 1. The molecule has 34 heavy (non-hydrogen) atoms. The Morgan fingerprint density at radius 2 is 1.94 bits per heavy atom. The van der Waals surface area contributed by atoms with Crippen LogP contribution < -0.4 is 15.8 Å². The van der Waals surface area contributed by atoms with Gasteiger partial charge in [-0.15, -0.1) is 0 Å². The van der Waals surface area contributed by atoms with E-state index in [1.807, 2.05) is 38.4 Å². The lowest BCUT2D eigenvalue weighted by Crippen LogP contribution is -2.40.